The van der Waals surface area contributed by atoms with Gasteiger partial charge in [0.05, 0.1) is 0 Å². The van der Waals surface area contributed by atoms with Gasteiger partial charge in [0.15, 0.2) is 6.23 Å². The van der Waals surface area contributed by atoms with Gasteiger partial charge in [-0.25, -0.2) is 4.79 Å². The van der Waals surface area contributed by atoms with E-state index in [4.69, 9.17) is 4.74 Å². The van der Waals surface area contributed by atoms with E-state index in [1.54, 1.807) is 20.8 Å². The van der Waals surface area contributed by atoms with Crippen LogP contribution >= 0.6 is 0 Å². The minimum absolute atomic E-state index is 0.140. The maximum absolute atomic E-state index is 11.2. The lowest BCUT2D eigenvalue weighted by atomic mass is 10.1. The van der Waals surface area contributed by atoms with E-state index in [1.165, 1.54) is 11.8 Å². The van der Waals surface area contributed by atoms with Crippen molar-refractivity contribution < 1.29 is 14.3 Å². The van der Waals surface area contributed by atoms with Gasteiger partial charge in [0, 0.05) is 6.92 Å². The van der Waals surface area contributed by atoms with Crippen molar-refractivity contribution in [3.63, 3.8) is 0 Å². The molecule has 1 aliphatic rings. The molecule has 1 amide bonds. The summed E-state index contributed by atoms with van der Waals surface area (Å²) in [6.07, 6.45) is -0.440. The van der Waals surface area contributed by atoms with E-state index in [9.17, 15) is 9.59 Å². The van der Waals surface area contributed by atoms with Crippen LogP contribution in [0.1, 0.15) is 27.7 Å². The van der Waals surface area contributed by atoms with Gasteiger partial charge >= 0.3 is 5.97 Å². The largest absolute Gasteiger partial charge is 0.440 e. The van der Waals surface area contributed by atoms with Crippen molar-refractivity contribution >= 4 is 11.9 Å². The molecule has 0 saturated carbocycles. The molecule has 12 heavy (non-hydrogen) atoms. The Morgan fingerprint density at radius 2 is 2.08 bits per heavy atom. The second-order valence-corrected chi connectivity index (χ2v) is 3.45. The molecule has 0 aromatic rings. The highest BCUT2D eigenvalue weighted by Gasteiger charge is 2.48. The molecular formula is C8H13NO3. The number of nitrogens with zero attached hydrogens (tertiary/aromatic N) is 1. The molecule has 1 unspecified atom stereocenters. The first-order chi connectivity index (χ1) is 5.37. The van der Waals surface area contributed by atoms with E-state index in [0.717, 1.165) is 0 Å². The van der Waals surface area contributed by atoms with Crippen LogP contribution in [0.5, 0.6) is 0 Å². The SMILES string of the molecule is CC(=O)N1C(C)OC(=O)C1(C)C. The van der Waals surface area contributed by atoms with Gasteiger partial charge in [-0.15, -0.1) is 0 Å². The van der Waals surface area contributed by atoms with Gasteiger partial charge in [-0.05, 0) is 20.8 Å². The van der Waals surface area contributed by atoms with Crippen LogP contribution in [0.25, 0.3) is 0 Å². The molecule has 0 aliphatic carbocycles. The van der Waals surface area contributed by atoms with Gasteiger partial charge in [-0.2, -0.15) is 0 Å². The first-order valence-electron chi connectivity index (χ1n) is 3.88. The van der Waals surface area contributed by atoms with Crippen molar-refractivity contribution in [1.82, 2.24) is 4.90 Å². The molecule has 1 fully saturated rings. The molecule has 0 radical (unpaired) electrons. The van der Waals surface area contributed by atoms with Crippen LogP contribution in [0.2, 0.25) is 0 Å². The van der Waals surface area contributed by atoms with Crippen LogP contribution in [0, 0.1) is 0 Å². The molecule has 4 nitrogen and oxygen atoms in total. The minimum atomic E-state index is -0.814. The average Bonchev–Trinajstić information content (AvgIpc) is 2.02. The number of hydrogen-bond donors (Lipinski definition) is 0. The summed E-state index contributed by atoms with van der Waals surface area (Å²) in [5, 5.41) is 0. The van der Waals surface area contributed by atoms with E-state index < -0.39 is 11.8 Å². The quantitative estimate of drug-likeness (QED) is 0.499. The van der Waals surface area contributed by atoms with Gasteiger partial charge in [0.1, 0.15) is 5.54 Å². The number of rotatable bonds is 0. The van der Waals surface area contributed by atoms with Crippen LogP contribution in [0.3, 0.4) is 0 Å². The maximum Gasteiger partial charge on any atom is 0.333 e. The third-order valence-corrected chi connectivity index (χ3v) is 2.08. The number of cyclic esters (lactones) is 1. The summed E-state index contributed by atoms with van der Waals surface area (Å²) in [4.78, 5) is 23.8. The first-order valence-corrected chi connectivity index (χ1v) is 3.88. The molecule has 0 N–H and O–H groups in total. The molecule has 0 aromatic heterocycles. The molecule has 68 valence electrons. The van der Waals surface area contributed by atoms with E-state index in [0.29, 0.717) is 0 Å². The summed E-state index contributed by atoms with van der Waals surface area (Å²) >= 11 is 0. The molecule has 0 aromatic carbocycles. The zero-order valence-corrected chi connectivity index (χ0v) is 7.75. The second kappa shape index (κ2) is 2.47. The highest BCUT2D eigenvalue weighted by Crippen LogP contribution is 2.27. The fourth-order valence-electron chi connectivity index (χ4n) is 1.55. The molecular weight excluding hydrogens is 158 g/mol. The number of hydrogen-bond acceptors (Lipinski definition) is 3. The summed E-state index contributed by atoms with van der Waals surface area (Å²) in [7, 11) is 0. The van der Waals surface area contributed by atoms with Crippen molar-refractivity contribution in [2.75, 3.05) is 0 Å². The molecule has 1 saturated heterocycles. The van der Waals surface area contributed by atoms with Gasteiger partial charge in [-0.1, -0.05) is 0 Å². The van der Waals surface area contributed by atoms with Crippen LogP contribution in [0.4, 0.5) is 0 Å². The average molecular weight is 171 g/mol. The van der Waals surface area contributed by atoms with Crippen molar-refractivity contribution in [2.24, 2.45) is 0 Å². The number of ether oxygens (including phenoxy) is 1. The number of amides is 1. The Hall–Kier alpha value is -1.06. The summed E-state index contributed by atoms with van der Waals surface area (Å²) in [5.74, 6) is -0.483. The Morgan fingerprint density at radius 3 is 2.25 bits per heavy atom. The molecule has 1 heterocycles. The third-order valence-electron chi connectivity index (χ3n) is 2.08. The Bertz CT molecular complexity index is 234. The van der Waals surface area contributed by atoms with E-state index >= 15 is 0 Å². The van der Waals surface area contributed by atoms with Crippen molar-refractivity contribution in [2.45, 2.75) is 39.5 Å². The van der Waals surface area contributed by atoms with Gasteiger partial charge in [0.25, 0.3) is 0 Å². The molecule has 0 spiro atoms. The topological polar surface area (TPSA) is 46.6 Å². The molecule has 4 heteroatoms. The summed E-state index contributed by atoms with van der Waals surface area (Å²) in [6.45, 7) is 6.48. The zero-order valence-electron chi connectivity index (χ0n) is 7.75. The van der Waals surface area contributed by atoms with Crippen LogP contribution in [-0.4, -0.2) is 28.5 Å². The fourth-order valence-corrected chi connectivity index (χ4v) is 1.55. The molecule has 0 bridgehead atoms. The predicted molar refractivity (Wildman–Crippen MR) is 42.2 cm³/mol. The molecule has 1 aliphatic heterocycles. The number of esters is 1. The second-order valence-electron chi connectivity index (χ2n) is 3.45. The fraction of sp³-hybridized carbons (Fsp3) is 0.750. The Balaban J connectivity index is 2.99. The van der Waals surface area contributed by atoms with E-state index in [1.807, 2.05) is 0 Å². The number of carbonyl (C=O) groups is 2. The van der Waals surface area contributed by atoms with Crippen LogP contribution < -0.4 is 0 Å². The normalized spacial score (nSPS) is 27.2. The molecule has 1 atom stereocenters. The zero-order chi connectivity index (χ0) is 9.52. The van der Waals surface area contributed by atoms with Gasteiger partial charge in [0.2, 0.25) is 5.91 Å². The lowest BCUT2D eigenvalue weighted by Crippen LogP contribution is -2.47. The van der Waals surface area contributed by atoms with E-state index in [-0.39, 0.29) is 11.9 Å². The summed E-state index contributed by atoms with van der Waals surface area (Å²) in [6, 6.07) is 0. The lowest BCUT2D eigenvalue weighted by Gasteiger charge is -2.27. The van der Waals surface area contributed by atoms with Gasteiger partial charge in [-0.3, -0.25) is 9.69 Å². The van der Waals surface area contributed by atoms with Crippen LogP contribution in [0.15, 0.2) is 0 Å². The Kier molecular flexibility index (Phi) is 1.86. The Morgan fingerprint density at radius 1 is 1.58 bits per heavy atom. The summed E-state index contributed by atoms with van der Waals surface area (Å²) < 4.78 is 4.92. The maximum atomic E-state index is 11.2. The third kappa shape index (κ3) is 1.07. The predicted octanol–water partition coefficient (Wildman–Crippen LogP) is 0.516. The van der Waals surface area contributed by atoms with Crippen molar-refractivity contribution in [1.29, 1.82) is 0 Å². The highest BCUT2D eigenvalue weighted by molar-refractivity contribution is 5.89. The number of carbonyl (C=O) groups excluding carboxylic acids is 2. The van der Waals surface area contributed by atoms with Crippen molar-refractivity contribution in [3.05, 3.63) is 0 Å². The standard InChI is InChI=1S/C8H13NO3/c1-5(10)9-6(2)12-7(11)8(9,3)4/h6H,1-4H3. The van der Waals surface area contributed by atoms with Crippen LogP contribution in [-0.2, 0) is 14.3 Å². The monoisotopic (exact) mass is 171 g/mol. The first kappa shape index (κ1) is 9.03. The highest BCUT2D eigenvalue weighted by atomic mass is 16.6. The van der Waals surface area contributed by atoms with Gasteiger partial charge < -0.3 is 4.74 Å². The minimum Gasteiger partial charge on any atom is -0.440 e. The van der Waals surface area contributed by atoms with E-state index in [2.05, 4.69) is 0 Å². The smallest absolute Gasteiger partial charge is 0.333 e. The molecule has 1 rings (SSSR count). The van der Waals surface area contributed by atoms with Crippen molar-refractivity contribution in [3.8, 4) is 0 Å². The lowest BCUT2D eigenvalue weighted by molar-refractivity contribution is -0.144. The Labute approximate surface area is 71.5 Å². The summed E-state index contributed by atoms with van der Waals surface area (Å²) in [5.41, 5.74) is -0.814.